The predicted octanol–water partition coefficient (Wildman–Crippen LogP) is 3.15. The number of halogens is 1. The van der Waals surface area contributed by atoms with Crippen molar-refractivity contribution in [1.29, 1.82) is 0 Å². The van der Waals surface area contributed by atoms with E-state index in [4.69, 9.17) is 5.11 Å². The molecule has 0 unspecified atom stereocenters. The summed E-state index contributed by atoms with van der Waals surface area (Å²) in [6, 6.07) is 10.6. The normalized spacial score (nSPS) is 9.81. The van der Waals surface area contributed by atoms with E-state index in [1.807, 2.05) is 0 Å². The van der Waals surface area contributed by atoms with Crippen LogP contribution in [0.4, 0.5) is 4.39 Å². The van der Waals surface area contributed by atoms with E-state index in [1.54, 1.807) is 25.2 Å². The highest BCUT2D eigenvalue weighted by Crippen LogP contribution is 2.21. The van der Waals surface area contributed by atoms with Gasteiger partial charge in [-0.3, -0.25) is 4.72 Å². The number of hydrogen-bond donors (Lipinski definition) is 2. The van der Waals surface area contributed by atoms with Gasteiger partial charge in [-0.2, -0.15) is 0 Å². The largest absolute Gasteiger partial charge is 0.478 e. The molecule has 0 saturated heterocycles. The molecule has 0 atom stereocenters. The third kappa shape index (κ3) is 4.09. The lowest BCUT2D eigenvalue weighted by atomic mass is 10.1. The molecule has 21 heavy (non-hydrogen) atoms. The Morgan fingerprint density at radius 1 is 1.19 bits per heavy atom. The summed E-state index contributed by atoms with van der Waals surface area (Å²) in [4.78, 5) is 11.9. The maximum absolute atomic E-state index is 12.8. The lowest BCUT2D eigenvalue weighted by Gasteiger charge is -2.04. The second-order valence-electron chi connectivity index (χ2n) is 4.08. The molecule has 0 radical (unpaired) electrons. The number of aromatic carboxylic acids is 1. The molecular formula is C16H12FNO2S. The summed E-state index contributed by atoms with van der Waals surface area (Å²) in [5.74, 6) is 4.52. The Morgan fingerprint density at radius 2 is 1.90 bits per heavy atom. The molecule has 0 spiro atoms. The number of carboxylic acids is 1. The third-order valence-corrected chi connectivity index (χ3v) is 3.40. The SMILES string of the molecule is CNSc1ccc(C(=O)O)cc1C#Cc1ccc(F)cc1. The van der Waals surface area contributed by atoms with Crippen molar-refractivity contribution in [3.05, 3.63) is 65.0 Å². The van der Waals surface area contributed by atoms with Gasteiger partial charge in [-0.15, -0.1) is 0 Å². The lowest BCUT2D eigenvalue weighted by Crippen LogP contribution is -1.99. The molecule has 0 bridgehead atoms. The summed E-state index contributed by atoms with van der Waals surface area (Å²) >= 11 is 1.35. The zero-order valence-corrected chi connectivity index (χ0v) is 12.0. The van der Waals surface area contributed by atoms with Crippen molar-refractivity contribution in [3.8, 4) is 11.8 Å². The monoisotopic (exact) mass is 301 g/mol. The van der Waals surface area contributed by atoms with Gasteiger partial charge in [0.05, 0.1) is 5.56 Å². The summed E-state index contributed by atoms with van der Waals surface area (Å²) in [5, 5.41) is 9.03. The Hall–Kier alpha value is -2.29. The van der Waals surface area contributed by atoms with E-state index in [0.717, 1.165) is 4.90 Å². The maximum Gasteiger partial charge on any atom is 0.335 e. The number of rotatable bonds is 3. The van der Waals surface area contributed by atoms with Crippen LogP contribution in [0.1, 0.15) is 21.5 Å². The van der Waals surface area contributed by atoms with Crippen LogP contribution in [0.5, 0.6) is 0 Å². The summed E-state index contributed by atoms with van der Waals surface area (Å²) in [6.07, 6.45) is 0. The summed E-state index contributed by atoms with van der Waals surface area (Å²) in [6.45, 7) is 0. The highest BCUT2D eigenvalue weighted by atomic mass is 32.2. The van der Waals surface area contributed by atoms with Crippen molar-refractivity contribution < 1.29 is 14.3 Å². The van der Waals surface area contributed by atoms with E-state index in [2.05, 4.69) is 16.6 Å². The van der Waals surface area contributed by atoms with E-state index < -0.39 is 5.97 Å². The zero-order chi connectivity index (χ0) is 15.2. The van der Waals surface area contributed by atoms with Crippen LogP contribution in [0.2, 0.25) is 0 Å². The van der Waals surface area contributed by atoms with Gasteiger partial charge >= 0.3 is 5.97 Å². The average molecular weight is 301 g/mol. The van der Waals surface area contributed by atoms with Crippen LogP contribution in [0.3, 0.4) is 0 Å². The fraction of sp³-hybridized carbons (Fsp3) is 0.0625. The predicted molar refractivity (Wildman–Crippen MR) is 80.7 cm³/mol. The topological polar surface area (TPSA) is 49.3 Å². The second-order valence-corrected chi connectivity index (χ2v) is 5.13. The van der Waals surface area contributed by atoms with Crippen LogP contribution >= 0.6 is 11.9 Å². The van der Waals surface area contributed by atoms with Crippen LogP contribution in [0, 0.1) is 17.7 Å². The minimum atomic E-state index is -0.999. The van der Waals surface area contributed by atoms with Crippen LogP contribution < -0.4 is 4.72 Å². The smallest absolute Gasteiger partial charge is 0.335 e. The molecule has 2 N–H and O–H groups in total. The van der Waals surface area contributed by atoms with Crippen molar-refractivity contribution >= 4 is 17.9 Å². The molecule has 5 heteroatoms. The molecule has 0 aliphatic carbocycles. The third-order valence-electron chi connectivity index (χ3n) is 2.62. The van der Waals surface area contributed by atoms with Crippen molar-refractivity contribution in [2.24, 2.45) is 0 Å². The zero-order valence-electron chi connectivity index (χ0n) is 11.2. The van der Waals surface area contributed by atoms with Crippen molar-refractivity contribution in [3.63, 3.8) is 0 Å². The van der Waals surface area contributed by atoms with E-state index in [-0.39, 0.29) is 11.4 Å². The molecule has 2 aromatic carbocycles. The molecule has 0 aliphatic rings. The molecule has 2 rings (SSSR count). The molecule has 0 amide bonds. The summed E-state index contributed by atoms with van der Waals surface area (Å²) < 4.78 is 15.8. The Bertz CT molecular complexity index is 717. The number of hydrogen-bond acceptors (Lipinski definition) is 3. The lowest BCUT2D eigenvalue weighted by molar-refractivity contribution is 0.0696. The van der Waals surface area contributed by atoms with Crippen molar-refractivity contribution in [2.75, 3.05) is 7.05 Å². The molecule has 0 fully saturated rings. The first kappa shape index (κ1) is 15.1. The van der Waals surface area contributed by atoms with Crippen LogP contribution in [0.25, 0.3) is 0 Å². The number of nitrogens with one attached hydrogen (secondary N) is 1. The molecule has 3 nitrogen and oxygen atoms in total. The Kier molecular flexibility index (Phi) is 4.99. The summed E-state index contributed by atoms with van der Waals surface area (Å²) in [5.41, 5.74) is 1.45. The van der Waals surface area contributed by atoms with Gasteiger partial charge < -0.3 is 5.11 Å². The summed E-state index contributed by atoms with van der Waals surface area (Å²) in [7, 11) is 1.77. The first-order valence-corrected chi connectivity index (χ1v) is 6.90. The Labute approximate surface area is 126 Å². The quantitative estimate of drug-likeness (QED) is 0.675. The minimum Gasteiger partial charge on any atom is -0.478 e. The molecule has 0 aromatic heterocycles. The molecule has 0 aliphatic heterocycles. The van der Waals surface area contributed by atoms with Crippen LogP contribution in [-0.2, 0) is 0 Å². The maximum atomic E-state index is 12.8. The fourth-order valence-electron chi connectivity index (χ4n) is 1.63. The van der Waals surface area contributed by atoms with E-state index in [1.165, 1.54) is 36.2 Å². The van der Waals surface area contributed by atoms with Gasteiger partial charge in [0.15, 0.2) is 0 Å². The van der Waals surface area contributed by atoms with Gasteiger partial charge in [-0.1, -0.05) is 11.8 Å². The molecule has 106 valence electrons. The Balaban J connectivity index is 2.39. The van der Waals surface area contributed by atoms with Crippen LogP contribution in [-0.4, -0.2) is 18.1 Å². The van der Waals surface area contributed by atoms with E-state index in [9.17, 15) is 9.18 Å². The molecule has 0 heterocycles. The van der Waals surface area contributed by atoms with Gasteiger partial charge in [-0.05, 0) is 61.5 Å². The standard InChI is InChI=1S/C16H12FNO2S/c1-18-21-15-9-6-13(16(19)20)10-12(15)5-2-11-3-7-14(17)8-4-11/h3-4,6-10,18H,1H3,(H,19,20). The first-order valence-electron chi connectivity index (χ1n) is 6.08. The average Bonchev–Trinajstić information content (AvgIpc) is 2.48. The van der Waals surface area contributed by atoms with Crippen LogP contribution in [0.15, 0.2) is 47.4 Å². The molecular weight excluding hydrogens is 289 g/mol. The van der Waals surface area contributed by atoms with Gasteiger partial charge in [0, 0.05) is 16.0 Å². The second kappa shape index (κ2) is 6.93. The number of benzene rings is 2. The number of carboxylic acid groups (broad SMARTS) is 1. The minimum absolute atomic E-state index is 0.179. The van der Waals surface area contributed by atoms with Crippen molar-refractivity contribution in [2.45, 2.75) is 4.90 Å². The van der Waals surface area contributed by atoms with Gasteiger partial charge in [-0.25, -0.2) is 9.18 Å². The van der Waals surface area contributed by atoms with Crippen molar-refractivity contribution in [1.82, 2.24) is 4.72 Å². The highest BCUT2D eigenvalue weighted by molar-refractivity contribution is 7.97. The highest BCUT2D eigenvalue weighted by Gasteiger charge is 2.07. The molecule has 2 aromatic rings. The van der Waals surface area contributed by atoms with Gasteiger partial charge in [0.25, 0.3) is 0 Å². The first-order chi connectivity index (χ1) is 10.1. The van der Waals surface area contributed by atoms with E-state index in [0.29, 0.717) is 11.1 Å². The molecule has 0 saturated carbocycles. The van der Waals surface area contributed by atoms with Gasteiger partial charge in [0.2, 0.25) is 0 Å². The number of carbonyl (C=O) groups is 1. The van der Waals surface area contributed by atoms with Gasteiger partial charge in [0.1, 0.15) is 5.82 Å². The Morgan fingerprint density at radius 3 is 2.52 bits per heavy atom. The fourth-order valence-corrected chi connectivity index (χ4v) is 2.21. The van der Waals surface area contributed by atoms with E-state index >= 15 is 0 Å².